The number of hydrogen-bond acceptors (Lipinski definition) is 3. The molecule has 2 atom stereocenters. The van der Waals surface area contributed by atoms with E-state index >= 15 is 0 Å². The average Bonchev–Trinajstić information content (AvgIpc) is 2.83. The van der Waals surface area contributed by atoms with E-state index in [2.05, 4.69) is 4.90 Å². The van der Waals surface area contributed by atoms with Crippen molar-refractivity contribution in [3.63, 3.8) is 0 Å². The number of rotatable bonds is 3. The third-order valence-corrected chi connectivity index (χ3v) is 6.86. The predicted octanol–water partition coefficient (Wildman–Crippen LogP) is 5.71. The van der Waals surface area contributed by atoms with Gasteiger partial charge in [-0.2, -0.15) is 26.3 Å². The van der Waals surface area contributed by atoms with Gasteiger partial charge in [0.25, 0.3) is 5.91 Å². The van der Waals surface area contributed by atoms with Crippen LogP contribution in [0.15, 0.2) is 42.5 Å². The molecule has 2 saturated heterocycles. The maximum atomic E-state index is 13.3. The highest BCUT2D eigenvalue weighted by Crippen LogP contribution is 2.38. The third-order valence-electron chi connectivity index (χ3n) is 6.52. The molecule has 1 amide bonds. The molecule has 11 heteroatoms. The predicted molar refractivity (Wildman–Crippen MR) is 117 cm³/mol. The number of piperidine rings is 1. The Kier molecular flexibility index (Phi) is 7.36. The van der Waals surface area contributed by atoms with Crippen LogP contribution in [-0.2, 0) is 17.1 Å². The standard InChI is InChI=1S/C24H23ClF6N2O2/c25-20-4-2-1-3-18(20)19-14-33(6-5-21(19)32-7-9-35-10-8-32)22(34)15-11-16(23(26,27)28)13-17(12-15)24(29,30)31/h1-4,11-13,19,21H,5-10,14H2/t19-,21-/m1/s1. The van der Waals surface area contributed by atoms with Gasteiger partial charge in [0.2, 0.25) is 0 Å². The summed E-state index contributed by atoms with van der Waals surface area (Å²) in [6.07, 6.45) is -9.56. The SMILES string of the molecule is O=C(c1cc(C(F)(F)F)cc(C(F)(F)F)c1)N1CC[C@@H](N2CCOCC2)[C@@H](c2ccccc2Cl)C1. The lowest BCUT2D eigenvalue weighted by atomic mass is 9.84. The molecule has 0 bridgehead atoms. The van der Waals surface area contributed by atoms with E-state index in [-0.39, 0.29) is 31.1 Å². The lowest BCUT2D eigenvalue weighted by molar-refractivity contribution is -0.143. The largest absolute Gasteiger partial charge is 0.416 e. The quantitative estimate of drug-likeness (QED) is 0.486. The molecule has 190 valence electrons. The van der Waals surface area contributed by atoms with Crippen LogP contribution in [0, 0.1) is 0 Å². The maximum absolute atomic E-state index is 13.3. The summed E-state index contributed by atoms with van der Waals surface area (Å²) < 4.78 is 85.3. The molecule has 0 aliphatic carbocycles. The number of carbonyl (C=O) groups excluding carboxylic acids is 1. The van der Waals surface area contributed by atoms with Crippen LogP contribution < -0.4 is 0 Å². The second-order valence-electron chi connectivity index (χ2n) is 8.68. The summed E-state index contributed by atoms with van der Waals surface area (Å²) in [5.41, 5.74) is -2.89. The molecule has 0 N–H and O–H groups in total. The highest BCUT2D eigenvalue weighted by Gasteiger charge is 2.40. The molecule has 4 rings (SSSR count). The fraction of sp³-hybridized carbons (Fsp3) is 0.458. The molecule has 0 saturated carbocycles. The number of likely N-dealkylation sites (tertiary alicyclic amines) is 1. The van der Waals surface area contributed by atoms with Crippen LogP contribution in [0.1, 0.15) is 39.4 Å². The first-order valence-corrected chi connectivity index (χ1v) is 11.5. The van der Waals surface area contributed by atoms with Gasteiger partial charge in [-0.25, -0.2) is 0 Å². The summed E-state index contributed by atoms with van der Waals surface area (Å²) in [4.78, 5) is 16.8. The van der Waals surface area contributed by atoms with Crippen LogP contribution >= 0.6 is 11.6 Å². The van der Waals surface area contributed by atoms with Gasteiger partial charge in [-0.1, -0.05) is 29.8 Å². The van der Waals surface area contributed by atoms with Gasteiger partial charge in [-0.15, -0.1) is 0 Å². The molecular formula is C24H23ClF6N2O2. The molecule has 2 aliphatic heterocycles. The number of amides is 1. The van der Waals surface area contributed by atoms with Crippen molar-refractivity contribution in [2.45, 2.75) is 30.7 Å². The fourth-order valence-electron chi connectivity index (χ4n) is 4.81. The van der Waals surface area contributed by atoms with Crippen LogP contribution in [0.3, 0.4) is 0 Å². The Labute approximate surface area is 203 Å². The molecule has 2 aromatic carbocycles. The van der Waals surface area contributed by atoms with Gasteiger partial charge in [0.1, 0.15) is 0 Å². The first kappa shape index (κ1) is 25.8. The molecule has 2 aromatic rings. The van der Waals surface area contributed by atoms with Gasteiger partial charge in [-0.05, 0) is 36.2 Å². The number of carbonyl (C=O) groups is 1. The van der Waals surface area contributed by atoms with E-state index in [1.54, 1.807) is 18.2 Å². The Morgan fingerprint density at radius 1 is 0.914 bits per heavy atom. The summed E-state index contributed by atoms with van der Waals surface area (Å²) in [6, 6.07) is 8.11. The molecular weight excluding hydrogens is 498 g/mol. The summed E-state index contributed by atoms with van der Waals surface area (Å²) in [6.45, 7) is 2.78. The minimum atomic E-state index is -5.03. The van der Waals surface area contributed by atoms with Crippen molar-refractivity contribution in [2.75, 3.05) is 39.4 Å². The van der Waals surface area contributed by atoms with Gasteiger partial charge in [0.05, 0.1) is 24.3 Å². The number of ether oxygens (including phenoxy) is 1. The zero-order valence-electron chi connectivity index (χ0n) is 18.5. The lowest BCUT2D eigenvalue weighted by Gasteiger charge is -2.45. The van der Waals surface area contributed by atoms with E-state index < -0.39 is 35.0 Å². The van der Waals surface area contributed by atoms with Gasteiger partial charge < -0.3 is 9.64 Å². The number of benzene rings is 2. The number of morpholine rings is 1. The molecule has 4 nitrogen and oxygen atoms in total. The topological polar surface area (TPSA) is 32.8 Å². The zero-order valence-corrected chi connectivity index (χ0v) is 19.3. The Morgan fingerprint density at radius 3 is 2.09 bits per heavy atom. The molecule has 2 fully saturated rings. The minimum Gasteiger partial charge on any atom is -0.379 e. The van der Waals surface area contributed by atoms with Crippen LogP contribution in [0.4, 0.5) is 26.3 Å². The van der Waals surface area contributed by atoms with E-state index in [1.807, 2.05) is 6.07 Å². The minimum absolute atomic E-state index is 0.00454. The van der Waals surface area contributed by atoms with Crippen molar-refractivity contribution < 1.29 is 35.9 Å². The molecule has 0 aromatic heterocycles. The van der Waals surface area contributed by atoms with Crippen molar-refractivity contribution in [3.8, 4) is 0 Å². The Morgan fingerprint density at radius 2 is 1.51 bits per heavy atom. The van der Waals surface area contributed by atoms with E-state index in [1.165, 1.54) is 4.90 Å². The Balaban J connectivity index is 1.67. The fourth-order valence-corrected chi connectivity index (χ4v) is 5.09. The third kappa shape index (κ3) is 5.76. The van der Waals surface area contributed by atoms with E-state index in [0.29, 0.717) is 49.9 Å². The summed E-state index contributed by atoms with van der Waals surface area (Å²) in [5, 5.41) is 0.489. The van der Waals surface area contributed by atoms with Crippen LogP contribution in [0.5, 0.6) is 0 Å². The number of halogens is 7. The van der Waals surface area contributed by atoms with Gasteiger partial charge >= 0.3 is 12.4 Å². The van der Waals surface area contributed by atoms with E-state index in [9.17, 15) is 31.1 Å². The van der Waals surface area contributed by atoms with Gasteiger partial charge in [-0.3, -0.25) is 9.69 Å². The number of nitrogens with zero attached hydrogens (tertiary/aromatic N) is 2. The maximum Gasteiger partial charge on any atom is 0.416 e. The summed E-state index contributed by atoms with van der Waals surface area (Å²) >= 11 is 6.45. The molecule has 35 heavy (non-hydrogen) atoms. The van der Waals surface area contributed by atoms with Crippen LogP contribution in [0.25, 0.3) is 0 Å². The van der Waals surface area contributed by atoms with Crippen molar-refractivity contribution >= 4 is 17.5 Å². The number of alkyl halides is 6. The zero-order chi connectivity index (χ0) is 25.4. The second kappa shape index (κ2) is 9.99. The van der Waals surface area contributed by atoms with Crippen LogP contribution in [0.2, 0.25) is 5.02 Å². The Hall–Kier alpha value is -2.30. The van der Waals surface area contributed by atoms with Crippen LogP contribution in [-0.4, -0.2) is 61.1 Å². The van der Waals surface area contributed by atoms with Gasteiger partial charge in [0, 0.05) is 48.7 Å². The molecule has 2 aliphatic rings. The van der Waals surface area contributed by atoms with Crippen molar-refractivity contribution in [2.24, 2.45) is 0 Å². The molecule has 0 unspecified atom stereocenters. The van der Waals surface area contributed by atoms with Crippen molar-refractivity contribution in [3.05, 3.63) is 69.7 Å². The normalized spacial score (nSPS) is 22.3. The number of hydrogen-bond donors (Lipinski definition) is 0. The average molecular weight is 521 g/mol. The van der Waals surface area contributed by atoms with E-state index in [0.717, 1.165) is 5.56 Å². The van der Waals surface area contributed by atoms with E-state index in [4.69, 9.17) is 16.3 Å². The highest BCUT2D eigenvalue weighted by atomic mass is 35.5. The smallest absolute Gasteiger partial charge is 0.379 e. The molecule has 2 heterocycles. The Bertz CT molecular complexity index is 1040. The second-order valence-corrected chi connectivity index (χ2v) is 9.09. The summed E-state index contributed by atoms with van der Waals surface area (Å²) in [5.74, 6) is -1.15. The highest BCUT2D eigenvalue weighted by molar-refractivity contribution is 6.31. The monoisotopic (exact) mass is 520 g/mol. The van der Waals surface area contributed by atoms with Gasteiger partial charge in [0.15, 0.2) is 0 Å². The first-order valence-electron chi connectivity index (χ1n) is 11.1. The van der Waals surface area contributed by atoms with Crippen molar-refractivity contribution in [1.82, 2.24) is 9.80 Å². The lowest BCUT2D eigenvalue weighted by Crippen LogP contribution is -2.54. The molecule has 0 radical (unpaired) electrons. The summed E-state index contributed by atoms with van der Waals surface area (Å²) in [7, 11) is 0. The van der Waals surface area contributed by atoms with Crippen molar-refractivity contribution in [1.29, 1.82) is 0 Å². The molecule has 0 spiro atoms. The first-order chi connectivity index (χ1) is 16.4.